The molecule has 2 rings (SSSR count). The molecule has 0 bridgehead atoms. The normalized spacial score (nSPS) is 19.6. The fourth-order valence-electron chi connectivity index (χ4n) is 2.16. The second kappa shape index (κ2) is 4.68. The summed E-state index contributed by atoms with van der Waals surface area (Å²) in [5.41, 5.74) is 7.60. The van der Waals surface area contributed by atoms with Crippen LogP contribution in [0.25, 0.3) is 0 Å². The lowest BCUT2D eigenvalue weighted by atomic mass is 10.1. The summed E-state index contributed by atoms with van der Waals surface area (Å²) in [5.74, 6) is -0.0640. The molecule has 96 valence electrons. The third-order valence-electron chi connectivity index (χ3n) is 3.25. The second-order valence-electron chi connectivity index (χ2n) is 4.49. The van der Waals surface area contributed by atoms with Crippen LogP contribution in [0.4, 0.5) is 11.4 Å². The Morgan fingerprint density at radius 2 is 2.22 bits per heavy atom. The van der Waals surface area contributed by atoms with E-state index in [0.717, 1.165) is 12.2 Å². The summed E-state index contributed by atoms with van der Waals surface area (Å²) < 4.78 is 0. The maximum absolute atomic E-state index is 11.6. The number of hydrogen-bond donors (Lipinski definition) is 2. The van der Waals surface area contributed by atoms with Crippen LogP contribution in [0.2, 0.25) is 0 Å². The van der Waals surface area contributed by atoms with E-state index in [1.54, 1.807) is 12.1 Å². The minimum absolute atomic E-state index is 0.00227. The summed E-state index contributed by atoms with van der Waals surface area (Å²) in [4.78, 5) is 25.1. The van der Waals surface area contributed by atoms with Crippen molar-refractivity contribution in [2.45, 2.75) is 19.9 Å². The Bertz CT molecular complexity index is 499. The van der Waals surface area contributed by atoms with Crippen LogP contribution in [-0.2, 0) is 4.79 Å². The molecule has 5 heteroatoms. The maximum atomic E-state index is 11.6. The number of nitrogen functional groups attached to an aromatic ring is 1. The molecule has 3 N–H and O–H groups in total. The van der Waals surface area contributed by atoms with Gasteiger partial charge in [-0.05, 0) is 32.0 Å². The van der Waals surface area contributed by atoms with Crippen LogP contribution >= 0.6 is 0 Å². The Kier molecular flexibility index (Phi) is 3.23. The van der Waals surface area contributed by atoms with E-state index >= 15 is 0 Å². The zero-order valence-electron chi connectivity index (χ0n) is 10.6. The lowest BCUT2D eigenvalue weighted by molar-refractivity contribution is -0.122. The molecule has 5 nitrogen and oxygen atoms in total. The van der Waals surface area contributed by atoms with E-state index < -0.39 is 0 Å². The van der Waals surface area contributed by atoms with Crippen molar-refractivity contribution in [2.75, 3.05) is 23.7 Å². The van der Waals surface area contributed by atoms with Gasteiger partial charge in [-0.1, -0.05) is 0 Å². The van der Waals surface area contributed by atoms with E-state index in [2.05, 4.69) is 5.32 Å². The van der Waals surface area contributed by atoms with Gasteiger partial charge >= 0.3 is 0 Å². The lowest BCUT2D eigenvalue weighted by Crippen LogP contribution is -2.54. The van der Waals surface area contributed by atoms with Gasteiger partial charge < -0.3 is 16.0 Å². The summed E-state index contributed by atoms with van der Waals surface area (Å²) in [6.07, 6.45) is 0. The molecule has 1 aromatic rings. The molecule has 1 aromatic carbocycles. The fourth-order valence-corrected chi connectivity index (χ4v) is 2.16. The molecule has 18 heavy (non-hydrogen) atoms. The van der Waals surface area contributed by atoms with Crippen molar-refractivity contribution >= 4 is 23.1 Å². The number of anilines is 2. The molecule has 0 radical (unpaired) electrons. The second-order valence-corrected chi connectivity index (χ2v) is 4.49. The lowest BCUT2D eigenvalue weighted by Gasteiger charge is -2.35. The van der Waals surface area contributed by atoms with E-state index in [-0.39, 0.29) is 17.7 Å². The SMILES string of the molecule is CC(=O)c1cc(N2CCNC(=O)C2C)ccc1N. The van der Waals surface area contributed by atoms with E-state index in [1.807, 2.05) is 17.9 Å². The first-order chi connectivity index (χ1) is 8.50. The molecule has 0 aromatic heterocycles. The number of benzene rings is 1. The van der Waals surface area contributed by atoms with Gasteiger partial charge in [-0.15, -0.1) is 0 Å². The third-order valence-corrected chi connectivity index (χ3v) is 3.25. The number of nitrogens with two attached hydrogens (primary N) is 1. The molecule has 0 saturated carbocycles. The number of ketones is 1. The number of amides is 1. The first-order valence-electron chi connectivity index (χ1n) is 5.95. The van der Waals surface area contributed by atoms with Gasteiger partial charge in [0.2, 0.25) is 5.91 Å². The molecular formula is C13H17N3O2. The Labute approximate surface area is 106 Å². The van der Waals surface area contributed by atoms with Crippen molar-refractivity contribution < 1.29 is 9.59 Å². The van der Waals surface area contributed by atoms with Crippen molar-refractivity contribution in [1.29, 1.82) is 0 Å². The van der Waals surface area contributed by atoms with E-state index in [4.69, 9.17) is 5.73 Å². The molecule has 1 heterocycles. The van der Waals surface area contributed by atoms with Crippen molar-refractivity contribution in [3.63, 3.8) is 0 Å². The molecule has 1 amide bonds. The minimum Gasteiger partial charge on any atom is -0.398 e. The highest BCUT2D eigenvalue weighted by atomic mass is 16.2. The number of nitrogens with one attached hydrogen (secondary N) is 1. The highest BCUT2D eigenvalue weighted by Gasteiger charge is 2.26. The monoisotopic (exact) mass is 247 g/mol. The van der Waals surface area contributed by atoms with E-state index in [1.165, 1.54) is 6.92 Å². The van der Waals surface area contributed by atoms with Crippen LogP contribution in [0.15, 0.2) is 18.2 Å². The van der Waals surface area contributed by atoms with Crippen LogP contribution < -0.4 is 16.0 Å². The fraction of sp³-hybridized carbons (Fsp3) is 0.385. The maximum Gasteiger partial charge on any atom is 0.242 e. The predicted molar refractivity (Wildman–Crippen MR) is 70.7 cm³/mol. The number of carbonyl (C=O) groups excluding carboxylic acids is 2. The zero-order valence-corrected chi connectivity index (χ0v) is 10.6. The largest absolute Gasteiger partial charge is 0.398 e. The summed E-state index contributed by atoms with van der Waals surface area (Å²) >= 11 is 0. The van der Waals surface area contributed by atoms with Crippen LogP contribution in [-0.4, -0.2) is 30.8 Å². The van der Waals surface area contributed by atoms with Gasteiger partial charge in [0.15, 0.2) is 5.78 Å². The van der Waals surface area contributed by atoms with Crippen LogP contribution in [0, 0.1) is 0 Å². The van der Waals surface area contributed by atoms with E-state index in [9.17, 15) is 9.59 Å². The molecule has 1 aliphatic heterocycles. The van der Waals surface area contributed by atoms with Crippen LogP contribution in [0.1, 0.15) is 24.2 Å². The Morgan fingerprint density at radius 3 is 2.89 bits per heavy atom. The highest BCUT2D eigenvalue weighted by Crippen LogP contribution is 2.24. The van der Waals surface area contributed by atoms with Crippen molar-refractivity contribution in [3.05, 3.63) is 23.8 Å². The van der Waals surface area contributed by atoms with Gasteiger partial charge in [0.25, 0.3) is 0 Å². The van der Waals surface area contributed by atoms with Crippen LogP contribution in [0.3, 0.4) is 0 Å². The average molecular weight is 247 g/mol. The van der Waals surface area contributed by atoms with Crippen molar-refractivity contribution in [3.8, 4) is 0 Å². The van der Waals surface area contributed by atoms with Crippen LogP contribution in [0.5, 0.6) is 0 Å². The van der Waals surface area contributed by atoms with E-state index in [0.29, 0.717) is 17.8 Å². The van der Waals surface area contributed by atoms with Gasteiger partial charge in [0, 0.05) is 30.0 Å². The molecule has 1 fully saturated rings. The molecule has 1 aliphatic rings. The first-order valence-corrected chi connectivity index (χ1v) is 5.95. The molecule has 1 atom stereocenters. The topological polar surface area (TPSA) is 75.4 Å². The quantitative estimate of drug-likeness (QED) is 0.598. The van der Waals surface area contributed by atoms with Gasteiger partial charge in [0.05, 0.1) is 0 Å². The summed E-state index contributed by atoms with van der Waals surface area (Å²) in [7, 11) is 0. The smallest absolute Gasteiger partial charge is 0.242 e. The Hall–Kier alpha value is -2.04. The van der Waals surface area contributed by atoms with Crippen molar-refractivity contribution in [2.24, 2.45) is 0 Å². The molecule has 0 aliphatic carbocycles. The predicted octanol–water partition coefficient (Wildman–Crippen LogP) is 0.796. The van der Waals surface area contributed by atoms with Crippen molar-refractivity contribution in [1.82, 2.24) is 5.32 Å². The Morgan fingerprint density at radius 1 is 1.50 bits per heavy atom. The van der Waals surface area contributed by atoms with Gasteiger partial charge in [-0.25, -0.2) is 0 Å². The van der Waals surface area contributed by atoms with Gasteiger partial charge in [0.1, 0.15) is 6.04 Å². The molecule has 1 saturated heterocycles. The number of Topliss-reactive ketones (excluding diaryl/α,β-unsaturated/α-hetero) is 1. The standard InChI is InChI=1S/C13H17N3O2/c1-8-13(18)15-5-6-16(8)10-3-4-12(14)11(7-10)9(2)17/h3-4,7-8H,5-6,14H2,1-2H3,(H,15,18). The minimum atomic E-state index is -0.234. The van der Waals surface area contributed by atoms with Gasteiger partial charge in [-0.3, -0.25) is 9.59 Å². The molecule has 1 unspecified atom stereocenters. The third kappa shape index (κ3) is 2.16. The summed E-state index contributed by atoms with van der Waals surface area (Å²) in [5, 5.41) is 2.81. The summed E-state index contributed by atoms with van der Waals surface area (Å²) in [6.45, 7) is 4.68. The average Bonchev–Trinajstić information content (AvgIpc) is 2.33. The molecule has 0 spiro atoms. The number of nitrogens with zero attached hydrogens (tertiary/aromatic N) is 1. The molecular weight excluding hydrogens is 230 g/mol. The Balaban J connectivity index is 2.36. The van der Waals surface area contributed by atoms with Gasteiger partial charge in [-0.2, -0.15) is 0 Å². The summed E-state index contributed by atoms with van der Waals surface area (Å²) in [6, 6.07) is 5.08. The number of carbonyl (C=O) groups is 2. The first kappa shape index (κ1) is 12.4. The number of rotatable bonds is 2. The number of piperazine rings is 1. The zero-order chi connectivity index (χ0) is 13.3. The highest BCUT2D eigenvalue weighted by molar-refractivity contribution is 6.00. The number of hydrogen-bond acceptors (Lipinski definition) is 4.